The lowest BCUT2D eigenvalue weighted by Gasteiger charge is -2.40. The summed E-state index contributed by atoms with van der Waals surface area (Å²) in [5.41, 5.74) is 0.973. The van der Waals surface area contributed by atoms with E-state index in [1.54, 1.807) is 0 Å². The zero-order valence-corrected chi connectivity index (χ0v) is 18.2. The van der Waals surface area contributed by atoms with Crippen LogP contribution < -0.4 is 5.32 Å². The van der Waals surface area contributed by atoms with Crippen molar-refractivity contribution in [3.05, 3.63) is 11.1 Å². The Hall–Kier alpha value is -1.51. The van der Waals surface area contributed by atoms with Gasteiger partial charge in [-0.2, -0.15) is 0 Å². The van der Waals surface area contributed by atoms with Crippen LogP contribution in [0.2, 0.25) is 0 Å². The van der Waals surface area contributed by atoms with E-state index in [1.165, 1.54) is 24.2 Å². The smallest absolute Gasteiger partial charge is 0.231 e. The van der Waals surface area contributed by atoms with E-state index in [9.17, 15) is 9.59 Å². The average molecular weight is 421 g/mol. The summed E-state index contributed by atoms with van der Waals surface area (Å²) < 4.78 is 5.38. The van der Waals surface area contributed by atoms with Crippen molar-refractivity contribution in [3.8, 4) is 0 Å². The van der Waals surface area contributed by atoms with E-state index in [2.05, 4.69) is 29.0 Å². The Bertz CT molecular complexity index is 733. The van der Waals surface area contributed by atoms with Crippen molar-refractivity contribution in [2.24, 2.45) is 17.8 Å². The molecule has 3 fully saturated rings. The van der Waals surface area contributed by atoms with Crippen LogP contribution in [-0.2, 0) is 20.9 Å². The monoisotopic (exact) mass is 420 g/mol. The maximum atomic E-state index is 12.8. The number of hydrogen-bond donors (Lipinski definition) is 1. The first-order valence-corrected chi connectivity index (χ1v) is 11.7. The molecule has 0 unspecified atom stereocenters. The lowest BCUT2D eigenvalue weighted by Crippen LogP contribution is -2.45. The molecule has 3 heterocycles. The van der Waals surface area contributed by atoms with Crippen molar-refractivity contribution >= 4 is 28.3 Å². The molecule has 0 radical (unpaired) electrons. The van der Waals surface area contributed by atoms with Crippen molar-refractivity contribution in [2.45, 2.75) is 52.1 Å². The van der Waals surface area contributed by atoms with Crippen LogP contribution in [0.1, 0.15) is 45.2 Å². The molecule has 4 rings (SSSR count). The Labute approximate surface area is 176 Å². The van der Waals surface area contributed by atoms with Gasteiger partial charge in [0.05, 0.1) is 24.8 Å². The summed E-state index contributed by atoms with van der Waals surface area (Å²) in [5.74, 6) is 0.900. The van der Waals surface area contributed by atoms with Crippen molar-refractivity contribution in [2.75, 3.05) is 38.2 Å². The van der Waals surface area contributed by atoms with Gasteiger partial charge in [0, 0.05) is 44.0 Å². The lowest BCUT2D eigenvalue weighted by atomic mass is 9.77. The Morgan fingerprint density at radius 3 is 2.90 bits per heavy atom. The van der Waals surface area contributed by atoms with Gasteiger partial charge in [-0.15, -0.1) is 11.3 Å². The van der Waals surface area contributed by atoms with Crippen molar-refractivity contribution in [3.63, 3.8) is 0 Å². The van der Waals surface area contributed by atoms with Gasteiger partial charge in [0.1, 0.15) is 0 Å². The second-order valence-electron chi connectivity index (χ2n) is 8.80. The van der Waals surface area contributed by atoms with Crippen LogP contribution >= 0.6 is 11.3 Å². The van der Waals surface area contributed by atoms with Gasteiger partial charge in [0.15, 0.2) is 5.13 Å². The van der Waals surface area contributed by atoms with Gasteiger partial charge in [-0.05, 0) is 18.3 Å². The molecule has 3 aliphatic rings. The summed E-state index contributed by atoms with van der Waals surface area (Å²) in [6.45, 7) is 9.20. The molecule has 160 valence electrons. The first-order valence-electron chi connectivity index (χ1n) is 10.9. The van der Waals surface area contributed by atoms with E-state index in [0.717, 1.165) is 45.0 Å². The maximum absolute atomic E-state index is 12.8. The highest BCUT2D eigenvalue weighted by Crippen LogP contribution is 2.36. The van der Waals surface area contributed by atoms with E-state index in [0.29, 0.717) is 29.9 Å². The summed E-state index contributed by atoms with van der Waals surface area (Å²) >= 11 is 1.46. The Morgan fingerprint density at radius 2 is 2.10 bits per heavy atom. The predicted octanol–water partition coefficient (Wildman–Crippen LogP) is 2.59. The standard InChI is InChI=1S/C21H32N4O3S/c1-14-4-3-5-18(15(14)2)25-11-16(10-19(25)26)20(27)23-21-22-17(13-29-21)12-24-6-8-28-9-7-24/h13-16,18H,3-12H2,1-2H3,(H,22,23,27)/t14-,15+,16+,18+/m1/s1. The molecule has 29 heavy (non-hydrogen) atoms. The van der Waals surface area contributed by atoms with Crippen LogP contribution in [0, 0.1) is 17.8 Å². The minimum absolute atomic E-state index is 0.0790. The van der Waals surface area contributed by atoms with Gasteiger partial charge in [-0.3, -0.25) is 14.5 Å². The van der Waals surface area contributed by atoms with E-state index in [4.69, 9.17) is 4.74 Å². The van der Waals surface area contributed by atoms with Gasteiger partial charge in [0.25, 0.3) is 0 Å². The fourth-order valence-electron chi connectivity index (χ4n) is 4.85. The number of morpholine rings is 1. The maximum Gasteiger partial charge on any atom is 0.231 e. The third kappa shape index (κ3) is 4.81. The molecule has 1 saturated carbocycles. The number of amides is 2. The number of hydrogen-bond acceptors (Lipinski definition) is 6. The van der Waals surface area contributed by atoms with Gasteiger partial charge in [-0.25, -0.2) is 4.98 Å². The predicted molar refractivity (Wildman–Crippen MR) is 113 cm³/mol. The fraction of sp³-hybridized carbons (Fsp3) is 0.762. The number of anilines is 1. The van der Waals surface area contributed by atoms with Gasteiger partial charge in [-0.1, -0.05) is 26.7 Å². The van der Waals surface area contributed by atoms with Crippen LogP contribution in [0.4, 0.5) is 5.13 Å². The molecule has 2 saturated heterocycles. The molecule has 1 aliphatic carbocycles. The Balaban J connectivity index is 1.31. The molecule has 1 aromatic rings. The number of nitrogens with zero attached hydrogens (tertiary/aromatic N) is 3. The third-order valence-electron chi connectivity index (χ3n) is 6.86. The number of ether oxygens (including phenoxy) is 1. The first kappa shape index (κ1) is 20.8. The molecule has 2 aliphatic heterocycles. The number of rotatable bonds is 5. The lowest BCUT2D eigenvalue weighted by molar-refractivity contribution is -0.131. The van der Waals surface area contributed by atoms with Crippen molar-refractivity contribution in [1.29, 1.82) is 0 Å². The normalized spacial score (nSPS) is 31.2. The van der Waals surface area contributed by atoms with Crippen LogP contribution in [0.25, 0.3) is 0 Å². The summed E-state index contributed by atoms with van der Waals surface area (Å²) in [7, 11) is 0. The van der Waals surface area contributed by atoms with Gasteiger partial charge < -0.3 is 15.0 Å². The summed E-state index contributed by atoms with van der Waals surface area (Å²) in [6.07, 6.45) is 3.78. The number of nitrogens with one attached hydrogen (secondary N) is 1. The van der Waals surface area contributed by atoms with Gasteiger partial charge >= 0.3 is 0 Å². The van der Waals surface area contributed by atoms with Crippen LogP contribution in [0.5, 0.6) is 0 Å². The second kappa shape index (κ2) is 9.10. The van der Waals surface area contributed by atoms with Crippen LogP contribution in [0.3, 0.4) is 0 Å². The molecule has 0 aromatic carbocycles. The molecule has 1 aromatic heterocycles. The van der Waals surface area contributed by atoms with Crippen LogP contribution in [-0.4, -0.2) is 65.5 Å². The summed E-state index contributed by atoms with van der Waals surface area (Å²) in [5, 5.41) is 5.58. The molecule has 0 bridgehead atoms. The molecule has 1 N–H and O–H groups in total. The minimum Gasteiger partial charge on any atom is -0.379 e. The zero-order valence-electron chi connectivity index (χ0n) is 17.4. The first-order chi connectivity index (χ1) is 14.0. The number of likely N-dealkylation sites (tertiary alicyclic amines) is 1. The number of aromatic nitrogens is 1. The summed E-state index contributed by atoms with van der Waals surface area (Å²) in [6, 6.07) is 0.282. The molecular weight excluding hydrogens is 388 g/mol. The van der Waals surface area contributed by atoms with E-state index in [-0.39, 0.29) is 23.8 Å². The van der Waals surface area contributed by atoms with Crippen molar-refractivity contribution < 1.29 is 14.3 Å². The fourth-order valence-corrected chi connectivity index (χ4v) is 5.56. The molecule has 7 nitrogen and oxygen atoms in total. The minimum atomic E-state index is -0.279. The van der Waals surface area contributed by atoms with Crippen LogP contribution in [0.15, 0.2) is 5.38 Å². The third-order valence-corrected chi connectivity index (χ3v) is 7.67. The highest BCUT2D eigenvalue weighted by molar-refractivity contribution is 7.13. The highest BCUT2D eigenvalue weighted by Gasteiger charge is 2.41. The number of carbonyl (C=O) groups is 2. The molecule has 8 heteroatoms. The SMILES string of the molecule is C[C@H]1[C@H](C)CCC[C@@H]1N1C[C@@H](C(=O)Nc2nc(CN3CCOCC3)cs2)CC1=O. The quantitative estimate of drug-likeness (QED) is 0.793. The van der Waals surface area contributed by atoms with E-state index in [1.807, 2.05) is 10.3 Å². The Kier molecular flexibility index (Phi) is 6.51. The molecule has 2 amide bonds. The molecule has 0 spiro atoms. The second-order valence-corrected chi connectivity index (χ2v) is 9.66. The molecular formula is C21H32N4O3S. The van der Waals surface area contributed by atoms with Crippen molar-refractivity contribution in [1.82, 2.24) is 14.8 Å². The largest absolute Gasteiger partial charge is 0.379 e. The number of thiazole rings is 1. The average Bonchev–Trinajstić information content (AvgIpc) is 3.31. The van der Waals surface area contributed by atoms with E-state index < -0.39 is 0 Å². The Morgan fingerprint density at radius 1 is 1.31 bits per heavy atom. The summed E-state index contributed by atoms with van der Waals surface area (Å²) in [4.78, 5) is 34.3. The highest BCUT2D eigenvalue weighted by atomic mass is 32.1. The molecule has 4 atom stereocenters. The van der Waals surface area contributed by atoms with Gasteiger partial charge in [0.2, 0.25) is 11.8 Å². The zero-order chi connectivity index (χ0) is 20.4. The topological polar surface area (TPSA) is 74.8 Å². The number of carbonyl (C=O) groups excluding carboxylic acids is 2. The van der Waals surface area contributed by atoms with E-state index >= 15 is 0 Å².